The van der Waals surface area contributed by atoms with E-state index >= 15 is 0 Å². The molecule has 1 aliphatic heterocycles. The molecule has 3 aliphatic rings. The number of nitrogens with one attached hydrogen (secondary N) is 5. The van der Waals surface area contributed by atoms with Crippen LogP contribution in [0.5, 0.6) is 0 Å². The zero-order chi connectivity index (χ0) is 25.6. The summed E-state index contributed by atoms with van der Waals surface area (Å²) >= 11 is 0. The Kier molecular flexibility index (Phi) is 8.05. The van der Waals surface area contributed by atoms with Crippen molar-refractivity contribution in [2.45, 2.75) is 95.2 Å². The number of H-pyrrole nitrogens is 1. The van der Waals surface area contributed by atoms with E-state index in [0.29, 0.717) is 30.8 Å². The van der Waals surface area contributed by atoms with Crippen LogP contribution in [0.25, 0.3) is 0 Å². The van der Waals surface area contributed by atoms with Crippen LogP contribution in [-0.2, 0) is 4.79 Å². The van der Waals surface area contributed by atoms with E-state index in [1.807, 2.05) is 11.0 Å². The summed E-state index contributed by atoms with van der Waals surface area (Å²) in [6.45, 7) is 3.01. The zero-order valence-corrected chi connectivity index (χ0v) is 21.6. The van der Waals surface area contributed by atoms with Crippen LogP contribution >= 0.6 is 0 Å². The molecule has 3 heterocycles. The number of hydrogen-bond acceptors (Lipinski definition) is 7. The first-order chi connectivity index (χ1) is 18.0. The van der Waals surface area contributed by atoms with Gasteiger partial charge >= 0.3 is 6.03 Å². The highest BCUT2D eigenvalue weighted by atomic mass is 16.2. The first-order valence-corrected chi connectivity index (χ1v) is 13.8. The number of rotatable bonds is 7. The fraction of sp³-hybridized carbons (Fsp3) is 0.654. The molecule has 3 fully saturated rings. The minimum absolute atomic E-state index is 0.103. The van der Waals surface area contributed by atoms with E-state index in [2.05, 4.69) is 47.5 Å². The Hall–Kier alpha value is -3.37. The van der Waals surface area contributed by atoms with Crippen molar-refractivity contribution in [3.63, 3.8) is 0 Å². The van der Waals surface area contributed by atoms with E-state index in [9.17, 15) is 9.59 Å². The highest BCUT2D eigenvalue weighted by molar-refractivity contribution is 5.75. The van der Waals surface area contributed by atoms with Crippen LogP contribution in [0.2, 0.25) is 0 Å². The third kappa shape index (κ3) is 6.90. The standard InChI is InChI=1S/C26H39N9O2/c1-17(36)35-14-11-21(12-15-35)30-26(37)29-20-8-6-19(7-9-20)28-25-27-13-10-23(32-25)31-24-16-22(33-34-24)18-4-2-3-5-18/h10,13,16,18-21H,2-9,11-12,14-15H2,1H3,(H2,29,30,37)(H3,27,28,31,32,33,34)/t19-,20-. The molecule has 0 bridgehead atoms. The summed E-state index contributed by atoms with van der Waals surface area (Å²) in [5.74, 6) is 2.78. The van der Waals surface area contributed by atoms with Gasteiger partial charge in [-0.25, -0.2) is 9.78 Å². The molecular weight excluding hydrogens is 470 g/mol. The Labute approximate surface area is 218 Å². The number of piperidine rings is 1. The molecule has 0 radical (unpaired) electrons. The smallest absolute Gasteiger partial charge is 0.315 e. The Balaban J connectivity index is 1.03. The third-order valence-corrected chi connectivity index (χ3v) is 7.98. The van der Waals surface area contributed by atoms with Gasteiger partial charge in [-0.15, -0.1) is 0 Å². The molecule has 11 nitrogen and oxygen atoms in total. The molecule has 200 valence electrons. The molecule has 3 amide bonds. The van der Waals surface area contributed by atoms with Gasteiger partial charge in [-0.1, -0.05) is 12.8 Å². The van der Waals surface area contributed by atoms with Crippen LogP contribution in [0.15, 0.2) is 18.3 Å². The summed E-state index contributed by atoms with van der Waals surface area (Å²) in [5, 5.41) is 20.5. The molecule has 2 saturated carbocycles. The minimum Gasteiger partial charge on any atom is -0.351 e. The summed E-state index contributed by atoms with van der Waals surface area (Å²) in [6.07, 6.45) is 12.1. The van der Waals surface area contributed by atoms with Gasteiger partial charge in [-0.2, -0.15) is 10.1 Å². The number of anilines is 3. The summed E-state index contributed by atoms with van der Waals surface area (Å²) < 4.78 is 0. The van der Waals surface area contributed by atoms with Crippen molar-refractivity contribution < 1.29 is 9.59 Å². The predicted octanol–water partition coefficient (Wildman–Crippen LogP) is 3.63. The maximum atomic E-state index is 12.5. The fourth-order valence-corrected chi connectivity index (χ4v) is 5.79. The van der Waals surface area contributed by atoms with Gasteiger partial charge in [-0.3, -0.25) is 9.89 Å². The molecule has 0 unspecified atom stereocenters. The Morgan fingerprint density at radius 1 is 0.919 bits per heavy atom. The van der Waals surface area contributed by atoms with Gasteiger partial charge in [0.25, 0.3) is 0 Å². The molecule has 0 atom stereocenters. The lowest BCUT2D eigenvalue weighted by Crippen LogP contribution is -2.51. The summed E-state index contributed by atoms with van der Waals surface area (Å²) in [4.78, 5) is 34.8. The van der Waals surface area contributed by atoms with Gasteiger partial charge in [0.1, 0.15) is 5.82 Å². The number of carbonyl (C=O) groups is 2. The molecule has 2 aromatic rings. The quantitative estimate of drug-likeness (QED) is 0.384. The van der Waals surface area contributed by atoms with Crippen LogP contribution in [0.1, 0.15) is 82.7 Å². The van der Waals surface area contributed by atoms with Gasteiger partial charge in [0.15, 0.2) is 5.82 Å². The molecule has 5 rings (SSSR count). The van der Waals surface area contributed by atoms with E-state index < -0.39 is 0 Å². The molecular formula is C26H39N9O2. The molecule has 2 aromatic heterocycles. The maximum Gasteiger partial charge on any atom is 0.315 e. The molecule has 37 heavy (non-hydrogen) atoms. The zero-order valence-electron chi connectivity index (χ0n) is 21.6. The van der Waals surface area contributed by atoms with Gasteiger partial charge in [0.2, 0.25) is 11.9 Å². The molecule has 11 heteroatoms. The second kappa shape index (κ2) is 11.8. The van der Waals surface area contributed by atoms with Crippen molar-refractivity contribution in [1.82, 2.24) is 35.7 Å². The number of likely N-dealkylation sites (tertiary alicyclic amines) is 1. The van der Waals surface area contributed by atoms with Crippen LogP contribution in [0, 0.1) is 0 Å². The average molecular weight is 510 g/mol. The first-order valence-electron chi connectivity index (χ1n) is 13.8. The van der Waals surface area contributed by atoms with Crippen molar-refractivity contribution >= 4 is 29.5 Å². The first kappa shape index (κ1) is 25.3. The number of carbonyl (C=O) groups excluding carboxylic acids is 2. The summed E-state index contributed by atoms with van der Waals surface area (Å²) in [6, 6.07) is 4.39. The van der Waals surface area contributed by atoms with Gasteiger partial charge in [0, 0.05) is 62.0 Å². The highest BCUT2D eigenvalue weighted by Gasteiger charge is 2.26. The van der Waals surface area contributed by atoms with E-state index in [1.165, 1.54) is 31.4 Å². The van der Waals surface area contributed by atoms with E-state index in [1.54, 1.807) is 13.1 Å². The van der Waals surface area contributed by atoms with Crippen molar-refractivity contribution in [3.8, 4) is 0 Å². The summed E-state index contributed by atoms with van der Waals surface area (Å²) in [5.41, 5.74) is 1.20. The Morgan fingerprint density at radius 3 is 2.30 bits per heavy atom. The van der Waals surface area contributed by atoms with Crippen molar-refractivity contribution in [2.24, 2.45) is 0 Å². The van der Waals surface area contributed by atoms with Crippen molar-refractivity contribution in [1.29, 1.82) is 0 Å². The largest absolute Gasteiger partial charge is 0.351 e. The lowest BCUT2D eigenvalue weighted by molar-refractivity contribution is -0.129. The predicted molar refractivity (Wildman–Crippen MR) is 142 cm³/mol. The number of amides is 3. The molecule has 0 spiro atoms. The lowest BCUT2D eigenvalue weighted by Gasteiger charge is -2.33. The third-order valence-electron chi connectivity index (χ3n) is 7.98. The molecule has 2 aliphatic carbocycles. The number of urea groups is 1. The van der Waals surface area contributed by atoms with Gasteiger partial charge in [-0.05, 0) is 57.4 Å². The number of nitrogens with zero attached hydrogens (tertiary/aromatic N) is 4. The minimum atomic E-state index is -0.103. The van der Waals surface area contributed by atoms with Crippen molar-refractivity contribution in [3.05, 3.63) is 24.0 Å². The SMILES string of the molecule is CC(=O)N1CCC(NC(=O)N[C@H]2CC[C@H](Nc3nccc(Nc4cc(C5CCCC5)[nH]n4)n3)CC2)CC1. The van der Waals surface area contributed by atoms with E-state index in [4.69, 9.17) is 0 Å². The number of aromatic nitrogens is 4. The molecule has 5 N–H and O–H groups in total. The number of aromatic amines is 1. The number of hydrogen-bond donors (Lipinski definition) is 5. The van der Waals surface area contributed by atoms with Crippen LogP contribution in [-0.4, -0.2) is 68.2 Å². The summed E-state index contributed by atoms with van der Waals surface area (Å²) in [7, 11) is 0. The van der Waals surface area contributed by atoms with E-state index in [-0.39, 0.29) is 30.1 Å². The van der Waals surface area contributed by atoms with Crippen LogP contribution in [0.3, 0.4) is 0 Å². The maximum absolute atomic E-state index is 12.5. The Bertz CT molecular complexity index is 1050. The normalized spacial score (nSPS) is 23.0. The van der Waals surface area contributed by atoms with Crippen LogP contribution in [0.4, 0.5) is 22.4 Å². The van der Waals surface area contributed by atoms with Gasteiger partial charge < -0.3 is 26.2 Å². The second-order valence-corrected chi connectivity index (χ2v) is 10.7. The van der Waals surface area contributed by atoms with Crippen molar-refractivity contribution in [2.75, 3.05) is 23.7 Å². The lowest BCUT2D eigenvalue weighted by atomic mass is 9.91. The van der Waals surface area contributed by atoms with Crippen LogP contribution < -0.4 is 21.3 Å². The Morgan fingerprint density at radius 2 is 1.59 bits per heavy atom. The topological polar surface area (TPSA) is 140 Å². The van der Waals surface area contributed by atoms with E-state index in [0.717, 1.165) is 44.3 Å². The molecule has 0 aromatic carbocycles. The second-order valence-electron chi connectivity index (χ2n) is 10.7. The monoisotopic (exact) mass is 509 g/mol. The fourth-order valence-electron chi connectivity index (χ4n) is 5.79. The average Bonchev–Trinajstić information content (AvgIpc) is 3.58. The van der Waals surface area contributed by atoms with Gasteiger partial charge in [0.05, 0.1) is 0 Å². The molecule has 1 saturated heterocycles. The highest BCUT2D eigenvalue weighted by Crippen LogP contribution is 2.34.